The number of fused-ring (bicyclic) bond motifs is 3. The number of ether oxygens (including phenoxy) is 1. The Bertz CT molecular complexity index is 1090. The van der Waals surface area contributed by atoms with E-state index in [1.807, 2.05) is 0 Å². The van der Waals surface area contributed by atoms with E-state index < -0.39 is 29.1 Å². The molecular formula is C20H9F5O2. The lowest BCUT2D eigenvalue weighted by atomic mass is 10.0. The Morgan fingerprint density at radius 2 is 1.41 bits per heavy atom. The fourth-order valence-electron chi connectivity index (χ4n) is 3.07. The lowest BCUT2D eigenvalue weighted by Gasteiger charge is -2.21. The standard InChI is InChI=1S/C20H9F5O2/c21-14-9-8-13(17(22)18(14)23)20(24,25)27-15-7-3-6-12-16(15)10-4-1-2-5-11(10)19(12)26/h1-9H. The van der Waals surface area contributed by atoms with Crippen LogP contribution in [0.25, 0.3) is 11.1 Å². The minimum absolute atomic E-state index is 0.140. The molecule has 3 aromatic rings. The van der Waals surface area contributed by atoms with Crippen LogP contribution in [-0.2, 0) is 6.11 Å². The molecule has 1 aliphatic carbocycles. The molecule has 0 unspecified atom stereocenters. The number of halogens is 5. The van der Waals surface area contributed by atoms with Crippen LogP contribution in [0.2, 0.25) is 0 Å². The highest BCUT2D eigenvalue weighted by Gasteiger charge is 2.41. The molecule has 0 saturated heterocycles. The molecular weight excluding hydrogens is 367 g/mol. The number of carbonyl (C=O) groups excluding carboxylic acids is 1. The van der Waals surface area contributed by atoms with Gasteiger partial charge >= 0.3 is 6.11 Å². The van der Waals surface area contributed by atoms with Gasteiger partial charge in [0, 0.05) is 16.7 Å². The van der Waals surface area contributed by atoms with Gasteiger partial charge in [-0.3, -0.25) is 4.79 Å². The molecule has 0 amide bonds. The lowest BCUT2D eigenvalue weighted by Crippen LogP contribution is -2.24. The lowest BCUT2D eigenvalue weighted by molar-refractivity contribution is -0.187. The van der Waals surface area contributed by atoms with Crippen LogP contribution in [0.4, 0.5) is 22.0 Å². The van der Waals surface area contributed by atoms with Crippen molar-refractivity contribution in [3.63, 3.8) is 0 Å². The van der Waals surface area contributed by atoms with Crippen LogP contribution in [0.3, 0.4) is 0 Å². The average molecular weight is 376 g/mol. The second kappa shape index (κ2) is 5.90. The van der Waals surface area contributed by atoms with Gasteiger partial charge in [-0.05, 0) is 23.8 Å². The maximum atomic E-state index is 14.5. The second-order valence-corrected chi connectivity index (χ2v) is 5.90. The zero-order chi connectivity index (χ0) is 19.3. The van der Waals surface area contributed by atoms with Crippen LogP contribution < -0.4 is 4.74 Å². The number of alkyl halides is 2. The van der Waals surface area contributed by atoms with E-state index in [1.165, 1.54) is 18.2 Å². The number of benzene rings is 3. The van der Waals surface area contributed by atoms with E-state index in [9.17, 15) is 26.7 Å². The molecule has 0 radical (unpaired) electrons. The van der Waals surface area contributed by atoms with Crippen molar-refractivity contribution >= 4 is 5.78 Å². The summed E-state index contributed by atoms with van der Waals surface area (Å²) in [6.45, 7) is 0. The second-order valence-electron chi connectivity index (χ2n) is 5.90. The number of hydrogen-bond donors (Lipinski definition) is 0. The molecule has 27 heavy (non-hydrogen) atoms. The van der Waals surface area contributed by atoms with Gasteiger partial charge in [0.2, 0.25) is 0 Å². The highest BCUT2D eigenvalue weighted by atomic mass is 19.3. The van der Waals surface area contributed by atoms with Gasteiger partial charge in [0.25, 0.3) is 0 Å². The Labute approximate surface area is 149 Å². The van der Waals surface area contributed by atoms with Crippen molar-refractivity contribution < 1.29 is 31.5 Å². The third-order valence-electron chi connectivity index (χ3n) is 4.30. The number of carbonyl (C=O) groups is 1. The minimum Gasteiger partial charge on any atom is -0.428 e. The Morgan fingerprint density at radius 3 is 2.15 bits per heavy atom. The first-order chi connectivity index (χ1) is 12.8. The Hall–Kier alpha value is -3.22. The van der Waals surface area contributed by atoms with Gasteiger partial charge in [-0.25, -0.2) is 13.2 Å². The highest BCUT2D eigenvalue weighted by molar-refractivity contribution is 6.22. The van der Waals surface area contributed by atoms with E-state index in [2.05, 4.69) is 0 Å². The van der Waals surface area contributed by atoms with Gasteiger partial charge in [0.1, 0.15) is 11.3 Å². The Morgan fingerprint density at radius 1 is 0.741 bits per heavy atom. The molecule has 7 heteroatoms. The molecule has 0 aliphatic heterocycles. The Balaban J connectivity index is 1.82. The van der Waals surface area contributed by atoms with Crippen molar-refractivity contribution in [3.8, 4) is 16.9 Å². The summed E-state index contributed by atoms with van der Waals surface area (Å²) in [6.07, 6.45) is -4.30. The fourth-order valence-corrected chi connectivity index (χ4v) is 3.07. The molecule has 0 bridgehead atoms. The third-order valence-corrected chi connectivity index (χ3v) is 4.30. The summed E-state index contributed by atoms with van der Waals surface area (Å²) in [5.41, 5.74) is -0.423. The van der Waals surface area contributed by atoms with Crippen molar-refractivity contribution in [1.82, 2.24) is 0 Å². The molecule has 1 aliphatic rings. The van der Waals surface area contributed by atoms with E-state index in [-0.39, 0.29) is 22.7 Å². The number of hydrogen-bond acceptors (Lipinski definition) is 2. The summed E-state index contributed by atoms with van der Waals surface area (Å²) in [4.78, 5) is 12.4. The molecule has 0 atom stereocenters. The van der Waals surface area contributed by atoms with Crippen molar-refractivity contribution in [2.24, 2.45) is 0 Å². The van der Waals surface area contributed by atoms with E-state index in [0.717, 1.165) is 0 Å². The molecule has 0 N–H and O–H groups in total. The summed E-state index contributed by atoms with van der Waals surface area (Å²) in [6, 6.07) is 11.2. The van der Waals surface area contributed by atoms with Crippen molar-refractivity contribution in [1.29, 1.82) is 0 Å². The summed E-state index contributed by atoms with van der Waals surface area (Å²) >= 11 is 0. The predicted octanol–water partition coefficient (Wildman–Crippen LogP) is 5.44. The highest BCUT2D eigenvalue weighted by Crippen LogP contribution is 2.45. The van der Waals surface area contributed by atoms with Gasteiger partial charge in [-0.15, -0.1) is 0 Å². The van der Waals surface area contributed by atoms with E-state index in [0.29, 0.717) is 23.3 Å². The quantitative estimate of drug-likeness (QED) is 0.351. The monoisotopic (exact) mass is 376 g/mol. The van der Waals surface area contributed by atoms with Crippen LogP contribution in [0.1, 0.15) is 21.5 Å². The molecule has 3 aromatic carbocycles. The molecule has 4 rings (SSSR count). The maximum absolute atomic E-state index is 14.5. The molecule has 0 saturated carbocycles. The number of rotatable bonds is 3. The Kier molecular flexibility index (Phi) is 3.76. The summed E-state index contributed by atoms with van der Waals surface area (Å²) in [5.74, 6) is -6.38. The van der Waals surface area contributed by atoms with Gasteiger partial charge in [-0.1, -0.05) is 36.4 Å². The third kappa shape index (κ3) is 2.58. The summed E-state index contributed by atoms with van der Waals surface area (Å²) < 4.78 is 73.9. The van der Waals surface area contributed by atoms with Crippen molar-refractivity contribution in [2.75, 3.05) is 0 Å². The smallest absolute Gasteiger partial charge is 0.428 e. The van der Waals surface area contributed by atoms with Crippen LogP contribution >= 0.6 is 0 Å². The van der Waals surface area contributed by atoms with Crippen LogP contribution in [0.15, 0.2) is 54.6 Å². The van der Waals surface area contributed by atoms with E-state index in [4.69, 9.17) is 4.74 Å². The van der Waals surface area contributed by atoms with E-state index >= 15 is 0 Å². The predicted molar refractivity (Wildman–Crippen MR) is 86.1 cm³/mol. The summed E-state index contributed by atoms with van der Waals surface area (Å²) in [7, 11) is 0. The molecule has 0 aromatic heterocycles. The van der Waals surface area contributed by atoms with Crippen molar-refractivity contribution in [2.45, 2.75) is 6.11 Å². The topological polar surface area (TPSA) is 26.3 Å². The van der Waals surface area contributed by atoms with Gasteiger partial charge in [0.05, 0.1) is 0 Å². The molecule has 0 spiro atoms. The molecule has 0 heterocycles. The summed E-state index contributed by atoms with van der Waals surface area (Å²) in [5, 5.41) is 0. The van der Waals surface area contributed by atoms with Crippen LogP contribution in [-0.4, -0.2) is 5.78 Å². The first kappa shape index (κ1) is 17.2. The first-order valence-electron chi connectivity index (χ1n) is 7.79. The average Bonchev–Trinajstić information content (AvgIpc) is 2.93. The molecule has 136 valence electrons. The normalized spacial score (nSPS) is 12.7. The first-order valence-corrected chi connectivity index (χ1v) is 7.79. The van der Waals surface area contributed by atoms with Gasteiger partial charge in [-0.2, -0.15) is 8.78 Å². The fraction of sp³-hybridized carbons (Fsp3) is 0.0500. The zero-order valence-electron chi connectivity index (χ0n) is 13.4. The van der Waals surface area contributed by atoms with Crippen LogP contribution in [0, 0.1) is 17.5 Å². The zero-order valence-corrected chi connectivity index (χ0v) is 13.4. The SMILES string of the molecule is O=C1c2ccccc2-c2c(OC(F)(F)c3ccc(F)c(F)c3F)cccc21. The molecule has 2 nitrogen and oxygen atoms in total. The number of ketones is 1. The van der Waals surface area contributed by atoms with Crippen molar-refractivity contribution in [3.05, 3.63) is 88.7 Å². The van der Waals surface area contributed by atoms with Crippen LogP contribution in [0.5, 0.6) is 5.75 Å². The largest absolute Gasteiger partial charge is 0.429 e. The van der Waals surface area contributed by atoms with E-state index in [1.54, 1.807) is 24.3 Å². The minimum atomic E-state index is -4.30. The van der Waals surface area contributed by atoms with Gasteiger partial charge in [0.15, 0.2) is 23.2 Å². The maximum Gasteiger partial charge on any atom is 0.429 e. The van der Waals surface area contributed by atoms with Gasteiger partial charge < -0.3 is 4.74 Å². The molecule has 0 fully saturated rings.